The van der Waals surface area contributed by atoms with Gasteiger partial charge in [0, 0.05) is 31.0 Å². The zero-order valence-corrected chi connectivity index (χ0v) is 12.5. The molecule has 0 bridgehead atoms. The molecule has 0 fully saturated rings. The molecule has 1 rings (SSSR count). The van der Waals surface area contributed by atoms with Crippen LogP contribution < -0.4 is 10.1 Å². The maximum Gasteiger partial charge on any atom is 0.275 e. The van der Waals surface area contributed by atoms with Gasteiger partial charge in [0.1, 0.15) is 5.75 Å². The smallest absolute Gasteiger partial charge is 0.275 e. The van der Waals surface area contributed by atoms with E-state index in [0.717, 1.165) is 38.6 Å². The van der Waals surface area contributed by atoms with Crippen LogP contribution in [-0.4, -0.2) is 29.8 Å². The summed E-state index contributed by atoms with van der Waals surface area (Å²) in [6.45, 7) is 3.51. The molecule has 0 aliphatic heterocycles. The van der Waals surface area contributed by atoms with Gasteiger partial charge < -0.3 is 15.2 Å². The Morgan fingerprint density at radius 3 is 2.67 bits per heavy atom. The summed E-state index contributed by atoms with van der Waals surface area (Å²) in [5.74, 6) is 0.522. The van der Waals surface area contributed by atoms with Crippen molar-refractivity contribution in [2.24, 2.45) is 0 Å². The third-order valence-corrected chi connectivity index (χ3v) is 2.99. The first-order valence-corrected chi connectivity index (χ1v) is 7.44. The zero-order chi connectivity index (χ0) is 15.5. The molecular weight excluding hydrogens is 272 g/mol. The molecule has 6 heteroatoms. The predicted molar refractivity (Wildman–Crippen MR) is 82.9 cm³/mol. The molecule has 0 saturated carbocycles. The van der Waals surface area contributed by atoms with Crippen molar-refractivity contribution in [3.8, 4) is 5.75 Å². The maximum absolute atomic E-state index is 10.9. The third kappa shape index (κ3) is 6.94. The van der Waals surface area contributed by atoms with Crippen LogP contribution in [0.2, 0.25) is 0 Å². The van der Waals surface area contributed by atoms with Gasteiger partial charge in [-0.05, 0) is 19.3 Å². The second-order valence-corrected chi connectivity index (χ2v) is 4.89. The summed E-state index contributed by atoms with van der Waals surface area (Å²) < 4.78 is 5.47. The second kappa shape index (κ2) is 9.99. The average molecular weight is 296 g/mol. The second-order valence-electron chi connectivity index (χ2n) is 4.89. The minimum absolute atomic E-state index is 0.0337. The van der Waals surface area contributed by atoms with Gasteiger partial charge in [0.05, 0.1) is 17.6 Å². The van der Waals surface area contributed by atoms with Gasteiger partial charge in [-0.2, -0.15) is 0 Å². The van der Waals surface area contributed by atoms with Crippen LogP contribution >= 0.6 is 0 Å². The SMILES string of the molecule is CCCOc1cc(NCCCCCCO)cc([N+](=O)[O-])c1. The normalized spacial score (nSPS) is 10.4. The predicted octanol–water partition coefficient (Wildman–Crippen LogP) is 3.35. The number of nitro benzene ring substituents is 1. The van der Waals surface area contributed by atoms with Crippen molar-refractivity contribution < 1.29 is 14.8 Å². The first-order chi connectivity index (χ1) is 10.2. The van der Waals surface area contributed by atoms with Crippen LogP contribution in [0.5, 0.6) is 5.75 Å². The molecule has 1 aromatic rings. The fourth-order valence-corrected chi connectivity index (χ4v) is 1.92. The fraction of sp³-hybridized carbons (Fsp3) is 0.600. The molecule has 0 saturated heterocycles. The number of benzene rings is 1. The van der Waals surface area contributed by atoms with E-state index in [9.17, 15) is 10.1 Å². The topological polar surface area (TPSA) is 84.6 Å². The number of nitrogens with zero attached hydrogens (tertiary/aromatic N) is 1. The lowest BCUT2D eigenvalue weighted by Crippen LogP contribution is -2.03. The number of nitrogens with one attached hydrogen (secondary N) is 1. The van der Waals surface area contributed by atoms with Crippen LogP contribution in [0, 0.1) is 10.1 Å². The van der Waals surface area contributed by atoms with Crippen LogP contribution in [0.15, 0.2) is 18.2 Å². The van der Waals surface area contributed by atoms with E-state index in [1.807, 2.05) is 6.92 Å². The molecule has 0 aliphatic carbocycles. The Labute approximate surface area is 125 Å². The van der Waals surface area contributed by atoms with E-state index in [-0.39, 0.29) is 12.3 Å². The summed E-state index contributed by atoms with van der Waals surface area (Å²) in [4.78, 5) is 10.5. The van der Waals surface area contributed by atoms with Gasteiger partial charge in [-0.3, -0.25) is 10.1 Å². The van der Waals surface area contributed by atoms with E-state index >= 15 is 0 Å². The summed E-state index contributed by atoms with van der Waals surface area (Å²) >= 11 is 0. The average Bonchev–Trinajstić information content (AvgIpc) is 2.48. The fourth-order valence-electron chi connectivity index (χ4n) is 1.92. The van der Waals surface area contributed by atoms with Crippen molar-refractivity contribution in [1.29, 1.82) is 0 Å². The van der Waals surface area contributed by atoms with Gasteiger partial charge in [0.25, 0.3) is 5.69 Å². The number of non-ortho nitro benzene ring substituents is 1. The van der Waals surface area contributed by atoms with Crippen LogP contribution in [0.3, 0.4) is 0 Å². The standard InChI is InChI=1S/C15H24N2O4/c1-2-9-21-15-11-13(10-14(12-15)17(19)20)16-7-5-3-4-6-8-18/h10-12,16,18H,2-9H2,1H3. The number of unbranched alkanes of at least 4 members (excludes halogenated alkanes) is 3. The molecule has 0 atom stereocenters. The molecular formula is C15H24N2O4. The molecule has 21 heavy (non-hydrogen) atoms. The molecule has 0 aromatic heterocycles. The van der Waals surface area contributed by atoms with Crippen molar-refractivity contribution >= 4 is 11.4 Å². The van der Waals surface area contributed by atoms with Crippen molar-refractivity contribution in [2.45, 2.75) is 39.0 Å². The van der Waals surface area contributed by atoms with Crippen molar-refractivity contribution in [3.63, 3.8) is 0 Å². The highest BCUT2D eigenvalue weighted by Gasteiger charge is 2.10. The Hall–Kier alpha value is -1.82. The maximum atomic E-state index is 10.9. The Morgan fingerprint density at radius 2 is 2.00 bits per heavy atom. The van der Waals surface area contributed by atoms with Gasteiger partial charge in [-0.1, -0.05) is 19.8 Å². The number of nitro groups is 1. The minimum Gasteiger partial charge on any atom is -0.493 e. The molecule has 2 N–H and O–H groups in total. The third-order valence-electron chi connectivity index (χ3n) is 2.99. The van der Waals surface area contributed by atoms with Crippen LogP contribution in [0.25, 0.3) is 0 Å². The Kier molecular flexibility index (Phi) is 8.19. The number of rotatable bonds is 11. The van der Waals surface area contributed by atoms with Crippen molar-refractivity contribution in [1.82, 2.24) is 0 Å². The number of ether oxygens (including phenoxy) is 1. The minimum atomic E-state index is -0.411. The lowest BCUT2D eigenvalue weighted by Gasteiger charge is -2.09. The Balaban J connectivity index is 2.54. The zero-order valence-electron chi connectivity index (χ0n) is 12.5. The lowest BCUT2D eigenvalue weighted by molar-refractivity contribution is -0.384. The number of anilines is 1. The first-order valence-electron chi connectivity index (χ1n) is 7.44. The molecule has 0 radical (unpaired) electrons. The van der Waals surface area contributed by atoms with Crippen molar-refractivity contribution in [2.75, 3.05) is 25.1 Å². The number of hydrogen-bond acceptors (Lipinski definition) is 5. The molecule has 0 heterocycles. The largest absolute Gasteiger partial charge is 0.493 e. The molecule has 6 nitrogen and oxygen atoms in total. The first kappa shape index (κ1) is 17.2. The van der Waals surface area contributed by atoms with Gasteiger partial charge in [0.2, 0.25) is 0 Å². The molecule has 118 valence electrons. The summed E-state index contributed by atoms with van der Waals surface area (Å²) in [6, 6.07) is 4.75. The molecule has 0 unspecified atom stereocenters. The quantitative estimate of drug-likeness (QED) is 0.371. The van der Waals surface area contributed by atoms with E-state index < -0.39 is 4.92 Å². The van der Waals surface area contributed by atoms with E-state index in [2.05, 4.69) is 5.32 Å². The Morgan fingerprint density at radius 1 is 1.24 bits per heavy atom. The highest BCUT2D eigenvalue weighted by atomic mass is 16.6. The van der Waals surface area contributed by atoms with Crippen LogP contribution in [-0.2, 0) is 0 Å². The molecule has 0 aliphatic rings. The molecule has 0 amide bonds. The highest BCUT2D eigenvalue weighted by Crippen LogP contribution is 2.26. The summed E-state index contributed by atoms with van der Waals surface area (Å²) in [7, 11) is 0. The van der Waals surface area contributed by atoms with E-state index in [4.69, 9.17) is 9.84 Å². The van der Waals surface area contributed by atoms with Gasteiger partial charge in [-0.15, -0.1) is 0 Å². The summed E-state index contributed by atoms with van der Waals surface area (Å²) in [6.07, 6.45) is 4.68. The van der Waals surface area contributed by atoms with E-state index in [0.29, 0.717) is 18.0 Å². The van der Waals surface area contributed by atoms with E-state index in [1.54, 1.807) is 6.07 Å². The summed E-state index contributed by atoms with van der Waals surface area (Å²) in [5.41, 5.74) is 0.740. The number of aliphatic hydroxyl groups excluding tert-OH is 1. The van der Waals surface area contributed by atoms with Crippen molar-refractivity contribution in [3.05, 3.63) is 28.3 Å². The van der Waals surface area contributed by atoms with Gasteiger partial charge in [-0.25, -0.2) is 0 Å². The highest BCUT2D eigenvalue weighted by molar-refractivity contribution is 5.56. The summed E-state index contributed by atoms with van der Waals surface area (Å²) in [5, 5.41) is 22.8. The lowest BCUT2D eigenvalue weighted by atomic mass is 10.2. The Bertz CT molecular complexity index is 438. The van der Waals surface area contributed by atoms with Gasteiger partial charge >= 0.3 is 0 Å². The van der Waals surface area contributed by atoms with Crippen LogP contribution in [0.1, 0.15) is 39.0 Å². The van der Waals surface area contributed by atoms with Crippen LogP contribution in [0.4, 0.5) is 11.4 Å². The van der Waals surface area contributed by atoms with Gasteiger partial charge in [0.15, 0.2) is 0 Å². The molecule has 1 aromatic carbocycles. The van der Waals surface area contributed by atoms with E-state index in [1.165, 1.54) is 12.1 Å². The number of hydrogen-bond donors (Lipinski definition) is 2. The monoisotopic (exact) mass is 296 g/mol. The number of aliphatic hydroxyl groups is 1. The molecule has 0 spiro atoms.